The Morgan fingerprint density at radius 2 is 2.19 bits per heavy atom. The molecule has 7 nitrogen and oxygen atoms in total. The summed E-state index contributed by atoms with van der Waals surface area (Å²) in [6, 6.07) is 8.32. The van der Waals surface area contributed by atoms with Crippen molar-refractivity contribution in [2.45, 2.75) is 31.9 Å². The molecule has 1 spiro atoms. The molecule has 4 rings (SSSR count). The highest BCUT2D eigenvalue weighted by Crippen LogP contribution is 2.38. The number of carbonyl (C=O) groups is 2. The molecule has 144 valence electrons. The van der Waals surface area contributed by atoms with Crippen LogP contribution in [0.25, 0.3) is 10.8 Å². The number of aromatic nitrogens is 1. The highest BCUT2D eigenvalue weighted by Gasteiger charge is 2.49. The van der Waals surface area contributed by atoms with Gasteiger partial charge in [-0.15, -0.1) is 0 Å². The van der Waals surface area contributed by atoms with E-state index in [-0.39, 0.29) is 12.4 Å². The van der Waals surface area contributed by atoms with Crippen molar-refractivity contribution in [3.05, 3.63) is 42.2 Å². The van der Waals surface area contributed by atoms with Crippen molar-refractivity contribution >= 4 is 23.2 Å². The monoisotopic (exact) mass is 371 g/mol. The van der Waals surface area contributed by atoms with Crippen LogP contribution >= 0.6 is 0 Å². The van der Waals surface area contributed by atoms with E-state index in [4.69, 9.17) is 9.90 Å². The molecule has 0 bridgehead atoms. The minimum absolute atomic E-state index is 0.0214. The van der Waals surface area contributed by atoms with Gasteiger partial charge in [0.1, 0.15) is 0 Å². The number of rotatable bonds is 2. The number of pyridine rings is 1. The van der Waals surface area contributed by atoms with Crippen molar-refractivity contribution in [1.82, 2.24) is 15.2 Å². The quantitative estimate of drug-likeness (QED) is 0.690. The first-order valence-electron chi connectivity index (χ1n) is 9.19. The molecule has 2 aliphatic rings. The number of aliphatic hydroxyl groups excluding tert-OH is 1. The fourth-order valence-corrected chi connectivity index (χ4v) is 4.23. The van der Waals surface area contributed by atoms with Crippen molar-refractivity contribution in [2.24, 2.45) is 5.41 Å². The summed E-state index contributed by atoms with van der Waals surface area (Å²) < 4.78 is 0. The number of likely N-dealkylation sites (tertiary alicyclic amines) is 1. The van der Waals surface area contributed by atoms with Crippen LogP contribution in [0.2, 0.25) is 0 Å². The first kappa shape index (κ1) is 19.3. The van der Waals surface area contributed by atoms with E-state index in [0.717, 1.165) is 37.9 Å². The molecular weight excluding hydrogens is 346 g/mol. The molecule has 3 N–H and O–H groups in total. The third-order valence-corrected chi connectivity index (χ3v) is 5.56. The van der Waals surface area contributed by atoms with E-state index in [1.54, 1.807) is 0 Å². The average Bonchev–Trinajstić information content (AvgIpc) is 2.68. The summed E-state index contributed by atoms with van der Waals surface area (Å²) in [5, 5.41) is 22.7. The van der Waals surface area contributed by atoms with Gasteiger partial charge in [-0.2, -0.15) is 0 Å². The number of hydrogen-bond acceptors (Lipinski definition) is 5. The molecule has 27 heavy (non-hydrogen) atoms. The van der Waals surface area contributed by atoms with Crippen LogP contribution in [-0.2, 0) is 16.1 Å². The van der Waals surface area contributed by atoms with Crippen molar-refractivity contribution in [3.63, 3.8) is 0 Å². The number of carbonyl (C=O) groups excluding carboxylic acids is 1. The van der Waals surface area contributed by atoms with Gasteiger partial charge in [0.05, 0.1) is 11.5 Å². The molecule has 2 fully saturated rings. The number of amides is 1. The lowest BCUT2D eigenvalue weighted by Gasteiger charge is -2.47. The van der Waals surface area contributed by atoms with Crippen LogP contribution in [0.1, 0.15) is 24.8 Å². The van der Waals surface area contributed by atoms with Crippen LogP contribution in [0, 0.1) is 5.41 Å². The maximum Gasteiger partial charge on any atom is 0.290 e. The number of carboxylic acid groups (broad SMARTS) is 1. The van der Waals surface area contributed by atoms with E-state index in [2.05, 4.69) is 33.4 Å². The predicted molar refractivity (Wildman–Crippen MR) is 101 cm³/mol. The SMILES string of the molecule is O=C1NCCC[C@]12CN(Cc1cccc3cnccc13)CC[C@@H]2O.O=CO. The number of aliphatic hydroxyl groups is 1. The van der Waals surface area contributed by atoms with E-state index >= 15 is 0 Å². The fraction of sp³-hybridized carbons (Fsp3) is 0.450. The minimum Gasteiger partial charge on any atom is -0.483 e. The maximum absolute atomic E-state index is 12.5. The fourth-order valence-electron chi connectivity index (χ4n) is 4.23. The van der Waals surface area contributed by atoms with E-state index in [1.165, 1.54) is 10.9 Å². The number of nitrogens with one attached hydrogen (secondary N) is 1. The topological polar surface area (TPSA) is 103 Å². The van der Waals surface area contributed by atoms with Crippen LogP contribution in [0.4, 0.5) is 0 Å². The van der Waals surface area contributed by atoms with Crippen molar-refractivity contribution in [2.75, 3.05) is 19.6 Å². The lowest BCUT2D eigenvalue weighted by Crippen LogP contribution is -2.61. The standard InChI is InChI=1S/C19H23N3O2.CH2O2/c23-17-6-10-22(13-19(17)7-2-8-21-18(19)24)12-15-4-1-3-14-11-20-9-5-16(14)15;2-1-3/h1,3-5,9,11,17,23H,2,6-8,10,12-13H2,(H,21,24);1H,(H,2,3)/t17-,19+;/m0./s1. The van der Waals surface area contributed by atoms with Gasteiger partial charge >= 0.3 is 0 Å². The lowest BCUT2D eigenvalue weighted by atomic mass is 9.71. The molecule has 3 heterocycles. The van der Waals surface area contributed by atoms with Gasteiger partial charge in [-0.1, -0.05) is 18.2 Å². The lowest BCUT2D eigenvalue weighted by molar-refractivity contribution is -0.149. The van der Waals surface area contributed by atoms with Gasteiger partial charge in [0.15, 0.2) is 0 Å². The minimum atomic E-state index is -0.636. The van der Waals surface area contributed by atoms with Gasteiger partial charge in [-0.05, 0) is 36.3 Å². The van der Waals surface area contributed by atoms with Crippen LogP contribution in [-0.4, -0.2) is 58.2 Å². The van der Waals surface area contributed by atoms with Crippen molar-refractivity contribution < 1.29 is 19.8 Å². The van der Waals surface area contributed by atoms with E-state index < -0.39 is 11.5 Å². The first-order valence-corrected chi connectivity index (χ1v) is 9.19. The summed E-state index contributed by atoms with van der Waals surface area (Å²) >= 11 is 0. The predicted octanol–water partition coefficient (Wildman–Crippen LogP) is 1.40. The van der Waals surface area contributed by atoms with Gasteiger partial charge in [0, 0.05) is 44.0 Å². The largest absolute Gasteiger partial charge is 0.483 e. The molecule has 0 saturated carbocycles. The number of nitrogens with zero attached hydrogens (tertiary/aromatic N) is 2. The highest BCUT2D eigenvalue weighted by molar-refractivity contribution is 5.85. The molecule has 1 amide bonds. The number of piperidine rings is 2. The molecule has 0 unspecified atom stereocenters. The number of fused-ring (bicyclic) bond motifs is 1. The Hall–Kier alpha value is -2.51. The number of hydrogen-bond donors (Lipinski definition) is 3. The van der Waals surface area contributed by atoms with Crippen molar-refractivity contribution in [3.8, 4) is 0 Å². The van der Waals surface area contributed by atoms with Crippen molar-refractivity contribution in [1.29, 1.82) is 0 Å². The first-order chi connectivity index (χ1) is 13.1. The second-order valence-electron chi connectivity index (χ2n) is 7.15. The zero-order valence-electron chi connectivity index (χ0n) is 15.2. The summed E-state index contributed by atoms with van der Waals surface area (Å²) in [6.07, 6.45) is 5.54. The smallest absolute Gasteiger partial charge is 0.290 e. The molecule has 1 aromatic heterocycles. The molecule has 2 saturated heterocycles. The van der Waals surface area contributed by atoms with Gasteiger partial charge in [-0.25, -0.2) is 0 Å². The molecule has 0 radical (unpaired) electrons. The Kier molecular flexibility index (Phi) is 6.03. The van der Waals surface area contributed by atoms with Gasteiger partial charge < -0.3 is 15.5 Å². The Labute approximate surface area is 158 Å². The Bertz CT molecular complexity index is 807. The summed E-state index contributed by atoms with van der Waals surface area (Å²) in [6.45, 7) is 2.71. The molecule has 0 aliphatic carbocycles. The van der Waals surface area contributed by atoms with Crippen LogP contribution < -0.4 is 5.32 Å². The molecule has 2 atom stereocenters. The summed E-state index contributed by atoms with van der Waals surface area (Å²) in [5.74, 6) is 0.0214. The summed E-state index contributed by atoms with van der Waals surface area (Å²) in [4.78, 5) is 27.3. The molecule has 1 aromatic carbocycles. The molecule has 2 aromatic rings. The zero-order chi connectivity index (χ0) is 19.3. The van der Waals surface area contributed by atoms with E-state index in [9.17, 15) is 9.90 Å². The van der Waals surface area contributed by atoms with Gasteiger partial charge in [0.25, 0.3) is 6.47 Å². The number of benzene rings is 1. The molecule has 7 heteroatoms. The third kappa shape index (κ3) is 3.94. The summed E-state index contributed by atoms with van der Waals surface area (Å²) in [5.41, 5.74) is 0.612. The second kappa shape index (κ2) is 8.45. The maximum atomic E-state index is 12.5. The molecular formula is C20H25N3O4. The van der Waals surface area contributed by atoms with Gasteiger partial charge in [-0.3, -0.25) is 19.5 Å². The Balaban J connectivity index is 0.000000659. The van der Waals surface area contributed by atoms with E-state index in [1.807, 2.05) is 18.5 Å². The third-order valence-electron chi connectivity index (χ3n) is 5.56. The Morgan fingerprint density at radius 3 is 2.96 bits per heavy atom. The average molecular weight is 371 g/mol. The normalized spacial score (nSPS) is 25.5. The highest BCUT2D eigenvalue weighted by atomic mass is 16.3. The molecule has 2 aliphatic heterocycles. The van der Waals surface area contributed by atoms with Gasteiger partial charge in [0.2, 0.25) is 5.91 Å². The summed E-state index contributed by atoms with van der Waals surface area (Å²) in [7, 11) is 0. The van der Waals surface area contributed by atoms with E-state index in [0.29, 0.717) is 13.0 Å². The van der Waals surface area contributed by atoms with Crippen LogP contribution in [0.5, 0.6) is 0 Å². The zero-order valence-corrected chi connectivity index (χ0v) is 15.2. The van der Waals surface area contributed by atoms with Crippen LogP contribution in [0.15, 0.2) is 36.7 Å². The Morgan fingerprint density at radius 1 is 1.37 bits per heavy atom. The second-order valence-corrected chi connectivity index (χ2v) is 7.15. The van der Waals surface area contributed by atoms with Crippen LogP contribution in [0.3, 0.4) is 0 Å².